The third-order valence-electron chi connectivity index (χ3n) is 1.90. The highest BCUT2D eigenvalue weighted by Gasteiger charge is 2.01. The Morgan fingerprint density at radius 3 is 2.94 bits per heavy atom. The van der Waals surface area contributed by atoms with Gasteiger partial charge in [-0.1, -0.05) is 0 Å². The molecule has 0 aromatic carbocycles. The van der Waals surface area contributed by atoms with Gasteiger partial charge in [0.15, 0.2) is 0 Å². The molecule has 0 unspecified atom stereocenters. The minimum absolute atomic E-state index is 0.0742. The van der Waals surface area contributed by atoms with Crippen LogP contribution in [0.15, 0.2) is 18.3 Å². The van der Waals surface area contributed by atoms with Crippen LogP contribution in [0.2, 0.25) is 0 Å². The van der Waals surface area contributed by atoms with Gasteiger partial charge in [0.1, 0.15) is 0 Å². The van der Waals surface area contributed by atoms with Crippen LogP contribution >= 0.6 is 0 Å². The largest absolute Gasteiger partial charge is 0.481 e. The Hall–Kier alpha value is -1.18. The van der Waals surface area contributed by atoms with Crippen LogP contribution in [0, 0.1) is 0 Å². The fourth-order valence-electron chi connectivity index (χ4n) is 1.12. The maximum absolute atomic E-state index is 10.7. The normalized spacial score (nSPS) is 11.4. The van der Waals surface area contributed by atoms with Crippen molar-refractivity contribution in [3.05, 3.63) is 23.9 Å². The monoisotopic (exact) mass is 245 g/mol. The number of ether oxygens (including phenoxy) is 1. The van der Waals surface area contributed by atoms with E-state index in [1.165, 1.54) is 0 Å². The van der Waals surface area contributed by atoms with Gasteiger partial charge in [0, 0.05) is 25.4 Å². The SMILES string of the molecule is COc1cc(CNCCS(N)(=O)=O)ccn1. The molecule has 1 aromatic rings. The van der Waals surface area contributed by atoms with Crippen LogP contribution in [-0.2, 0) is 16.6 Å². The van der Waals surface area contributed by atoms with Crippen molar-refractivity contribution in [3.63, 3.8) is 0 Å². The summed E-state index contributed by atoms with van der Waals surface area (Å²) in [7, 11) is -1.85. The van der Waals surface area contributed by atoms with Crippen LogP contribution in [-0.4, -0.2) is 32.8 Å². The van der Waals surface area contributed by atoms with Crippen molar-refractivity contribution in [2.75, 3.05) is 19.4 Å². The molecule has 3 N–H and O–H groups in total. The van der Waals surface area contributed by atoms with Gasteiger partial charge in [0.25, 0.3) is 0 Å². The number of aromatic nitrogens is 1. The molecule has 0 saturated heterocycles. The molecule has 0 aliphatic rings. The van der Waals surface area contributed by atoms with Gasteiger partial charge in [0.05, 0.1) is 12.9 Å². The van der Waals surface area contributed by atoms with Crippen LogP contribution in [0.4, 0.5) is 0 Å². The second kappa shape index (κ2) is 5.78. The Balaban J connectivity index is 2.37. The lowest BCUT2D eigenvalue weighted by Crippen LogP contribution is -2.26. The molecule has 1 aromatic heterocycles. The quantitative estimate of drug-likeness (QED) is 0.657. The highest BCUT2D eigenvalue weighted by atomic mass is 32.2. The number of nitrogens with one attached hydrogen (secondary N) is 1. The molecule has 6 nitrogen and oxygen atoms in total. The van der Waals surface area contributed by atoms with Crippen molar-refractivity contribution in [2.24, 2.45) is 5.14 Å². The molecular formula is C9H15N3O3S. The van der Waals surface area contributed by atoms with Crippen LogP contribution < -0.4 is 15.2 Å². The molecular weight excluding hydrogens is 230 g/mol. The number of hydrogen-bond acceptors (Lipinski definition) is 5. The summed E-state index contributed by atoms with van der Waals surface area (Å²) in [6.45, 7) is 0.873. The van der Waals surface area contributed by atoms with E-state index in [0.29, 0.717) is 19.0 Å². The van der Waals surface area contributed by atoms with Crippen molar-refractivity contribution in [2.45, 2.75) is 6.54 Å². The van der Waals surface area contributed by atoms with E-state index < -0.39 is 10.0 Å². The zero-order chi connectivity index (χ0) is 12.0. The smallest absolute Gasteiger partial charge is 0.213 e. The first kappa shape index (κ1) is 12.9. The summed E-state index contributed by atoms with van der Waals surface area (Å²) in [5.41, 5.74) is 0.973. The maximum Gasteiger partial charge on any atom is 0.213 e. The molecule has 7 heteroatoms. The molecule has 0 atom stereocenters. The summed E-state index contributed by atoms with van der Waals surface area (Å²) in [6.07, 6.45) is 1.63. The average molecular weight is 245 g/mol. The summed E-state index contributed by atoms with van der Waals surface area (Å²) >= 11 is 0. The minimum atomic E-state index is -3.39. The number of primary sulfonamides is 1. The Kier molecular flexibility index (Phi) is 4.66. The zero-order valence-electron chi connectivity index (χ0n) is 9.01. The van der Waals surface area contributed by atoms with E-state index in [9.17, 15) is 8.42 Å². The highest BCUT2D eigenvalue weighted by Crippen LogP contribution is 2.07. The van der Waals surface area contributed by atoms with Gasteiger partial charge in [0.2, 0.25) is 15.9 Å². The Morgan fingerprint density at radius 2 is 2.31 bits per heavy atom. The van der Waals surface area contributed by atoms with Crippen LogP contribution in [0.1, 0.15) is 5.56 Å². The van der Waals surface area contributed by atoms with Crippen LogP contribution in [0.5, 0.6) is 5.88 Å². The minimum Gasteiger partial charge on any atom is -0.481 e. The van der Waals surface area contributed by atoms with Gasteiger partial charge in [-0.2, -0.15) is 0 Å². The highest BCUT2D eigenvalue weighted by molar-refractivity contribution is 7.89. The molecule has 1 heterocycles. The molecule has 0 bridgehead atoms. The predicted molar refractivity (Wildman–Crippen MR) is 60.5 cm³/mol. The lowest BCUT2D eigenvalue weighted by Gasteiger charge is -2.05. The van der Waals surface area contributed by atoms with Gasteiger partial charge in [-0.15, -0.1) is 0 Å². The van der Waals surface area contributed by atoms with E-state index in [-0.39, 0.29) is 5.75 Å². The first-order chi connectivity index (χ1) is 7.51. The van der Waals surface area contributed by atoms with Crippen molar-refractivity contribution in [1.82, 2.24) is 10.3 Å². The van der Waals surface area contributed by atoms with E-state index in [4.69, 9.17) is 9.88 Å². The third kappa shape index (κ3) is 5.06. The number of methoxy groups -OCH3 is 1. The Labute approximate surface area is 94.9 Å². The number of nitrogens with two attached hydrogens (primary N) is 1. The number of nitrogens with zero attached hydrogens (tertiary/aromatic N) is 1. The van der Waals surface area contributed by atoms with Crippen molar-refractivity contribution in [3.8, 4) is 5.88 Å². The van der Waals surface area contributed by atoms with Gasteiger partial charge in [-0.05, 0) is 11.6 Å². The van der Waals surface area contributed by atoms with E-state index in [0.717, 1.165) is 5.56 Å². The standard InChI is InChI=1S/C9H15N3O3S/c1-15-9-6-8(2-3-12-9)7-11-4-5-16(10,13)14/h2-3,6,11H,4-5,7H2,1H3,(H2,10,13,14). The second-order valence-corrected chi connectivity index (χ2v) is 4.98. The molecule has 0 saturated carbocycles. The summed E-state index contributed by atoms with van der Waals surface area (Å²) in [5.74, 6) is 0.459. The summed E-state index contributed by atoms with van der Waals surface area (Å²) in [6, 6.07) is 3.61. The number of hydrogen-bond donors (Lipinski definition) is 2. The summed E-state index contributed by atoms with van der Waals surface area (Å²) in [5, 5.41) is 7.83. The molecule has 1 rings (SSSR count). The van der Waals surface area contributed by atoms with E-state index in [2.05, 4.69) is 10.3 Å². The van der Waals surface area contributed by atoms with Crippen molar-refractivity contribution >= 4 is 10.0 Å². The lowest BCUT2D eigenvalue weighted by molar-refractivity contribution is 0.397. The van der Waals surface area contributed by atoms with Gasteiger partial charge in [-0.25, -0.2) is 18.5 Å². The van der Waals surface area contributed by atoms with Gasteiger partial charge >= 0.3 is 0 Å². The summed E-state index contributed by atoms with van der Waals surface area (Å²) < 4.78 is 26.3. The topological polar surface area (TPSA) is 94.3 Å². The molecule has 90 valence electrons. The summed E-state index contributed by atoms with van der Waals surface area (Å²) in [4.78, 5) is 3.96. The maximum atomic E-state index is 10.7. The number of sulfonamides is 1. The predicted octanol–water partition coefficient (Wildman–Crippen LogP) is -0.532. The fourth-order valence-corrected chi connectivity index (χ4v) is 1.55. The molecule has 0 spiro atoms. The molecule has 0 radical (unpaired) electrons. The molecule has 0 aliphatic carbocycles. The first-order valence-electron chi connectivity index (χ1n) is 4.71. The van der Waals surface area contributed by atoms with E-state index in [1.54, 1.807) is 19.4 Å². The van der Waals surface area contributed by atoms with E-state index >= 15 is 0 Å². The lowest BCUT2D eigenvalue weighted by atomic mass is 10.2. The molecule has 16 heavy (non-hydrogen) atoms. The Morgan fingerprint density at radius 1 is 1.56 bits per heavy atom. The molecule has 0 fully saturated rings. The molecule has 0 aliphatic heterocycles. The van der Waals surface area contributed by atoms with E-state index in [1.807, 2.05) is 6.07 Å². The first-order valence-corrected chi connectivity index (χ1v) is 6.43. The average Bonchev–Trinajstić information content (AvgIpc) is 2.23. The van der Waals surface area contributed by atoms with Crippen LogP contribution in [0.3, 0.4) is 0 Å². The Bertz CT molecular complexity index is 433. The van der Waals surface area contributed by atoms with Gasteiger partial charge < -0.3 is 10.1 Å². The number of rotatable bonds is 6. The van der Waals surface area contributed by atoms with Crippen LogP contribution in [0.25, 0.3) is 0 Å². The van der Waals surface area contributed by atoms with Crippen molar-refractivity contribution < 1.29 is 13.2 Å². The zero-order valence-corrected chi connectivity index (χ0v) is 9.83. The number of pyridine rings is 1. The van der Waals surface area contributed by atoms with Gasteiger partial charge in [-0.3, -0.25) is 0 Å². The molecule has 0 amide bonds. The fraction of sp³-hybridized carbons (Fsp3) is 0.444. The van der Waals surface area contributed by atoms with Crippen molar-refractivity contribution in [1.29, 1.82) is 0 Å². The third-order valence-corrected chi connectivity index (χ3v) is 2.67. The second-order valence-electron chi connectivity index (χ2n) is 3.25.